The molecule has 0 aliphatic heterocycles. The van der Waals surface area contributed by atoms with Crippen LogP contribution < -0.4 is 4.74 Å². The molecule has 0 radical (unpaired) electrons. The van der Waals surface area contributed by atoms with Gasteiger partial charge >= 0.3 is 0 Å². The SMILES string of the molecule is C=C(N=CC)c1ccc(C(C)C)nc1OC. The first-order valence-electron chi connectivity index (χ1n) is 5.33. The van der Waals surface area contributed by atoms with Gasteiger partial charge < -0.3 is 4.74 Å². The molecule has 0 saturated carbocycles. The monoisotopic (exact) mass is 218 g/mol. The second kappa shape index (κ2) is 5.45. The van der Waals surface area contributed by atoms with Crippen molar-refractivity contribution in [1.82, 2.24) is 4.98 Å². The molecule has 1 rings (SSSR count). The van der Waals surface area contributed by atoms with Crippen LogP contribution in [0.5, 0.6) is 5.88 Å². The molecule has 0 bridgehead atoms. The highest BCUT2D eigenvalue weighted by Crippen LogP contribution is 2.26. The average Bonchev–Trinajstić information content (AvgIpc) is 2.28. The van der Waals surface area contributed by atoms with Crippen LogP contribution in [0.4, 0.5) is 0 Å². The molecule has 0 fully saturated rings. The molecule has 0 N–H and O–H groups in total. The molecule has 16 heavy (non-hydrogen) atoms. The van der Waals surface area contributed by atoms with Crippen molar-refractivity contribution in [3.63, 3.8) is 0 Å². The van der Waals surface area contributed by atoms with E-state index >= 15 is 0 Å². The van der Waals surface area contributed by atoms with Crippen molar-refractivity contribution >= 4 is 11.9 Å². The average molecular weight is 218 g/mol. The van der Waals surface area contributed by atoms with Crippen LogP contribution in [0.25, 0.3) is 5.70 Å². The maximum atomic E-state index is 5.26. The number of hydrogen-bond donors (Lipinski definition) is 0. The number of aromatic nitrogens is 1. The maximum absolute atomic E-state index is 5.26. The van der Waals surface area contributed by atoms with Gasteiger partial charge in [-0.15, -0.1) is 0 Å². The van der Waals surface area contributed by atoms with Gasteiger partial charge in [-0.3, -0.25) is 4.99 Å². The van der Waals surface area contributed by atoms with E-state index in [1.165, 1.54) is 0 Å². The van der Waals surface area contributed by atoms with Crippen LogP contribution in [0.2, 0.25) is 0 Å². The zero-order valence-corrected chi connectivity index (χ0v) is 10.3. The molecule has 86 valence electrons. The number of hydrogen-bond acceptors (Lipinski definition) is 3. The smallest absolute Gasteiger partial charge is 0.222 e. The van der Waals surface area contributed by atoms with E-state index in [1.807, 2.05) is 19.1 Å². The van der Waals surface area contributed by atoms with Crippen LogP contribution >= 0.6 is 0 Å². The first-order chi connectivity index (χ1) is 7.60. The Balaban J connectivity index is 3.16. The molecule has 0 aromatic carbocycles. The maximum Gasteiger partial charge on any atom is 0.222 e. The number of pyridine rings is 1. The minimum atomic E-state index is 0.380. The molecule has 3 heteroatoms. The molecule has 0 aliphatic carbocycles. The van der Waals surface area contributed by atoms with Gasteiger partial charge in [-0.2, -0.15) is 0 Å². The standard InChI is InChI=1S/C13H18N2O/c1-6-14-10(4)11-7-8-12(9(2)3)15-13(11)16-5/h6-9H,4H2,1-3,5H3. The van der Waals surface area contributed by atoms with E-state index in [0.717, 1.165) is 11.3 Å². The van der Waals surface area contributed by atoms with Crippen LogP contribution in [0.15, 0.2) is 23.7 Å². The van der Waals surface area contributed by atoms with Gasteiger partial charge in [-0.05, 0) is 25.0 Å². The number of ether oxygens (including phenoxy) is 1. The van der Waals surface area contributed by atoms with Gasteiger partial charge in [-0.1, -0.05) is 20.4 Å². The molecule has 0 amide bonds. The molecular formula is C13H18N2O. The summed E-state index contributed by atoms with van der Waals surface area (Å²) >= 11 is 0. The van der Waals surface area contributed by atoms with Gasteiger partial charge in [-0.25, -0.2) is 4.98 Å². The Morgan fingerprint density at radius 1 is 1.50 bits per heavy atom. The highest BCUT2D eigenvalue weighted by Gasteiger charge is 2.10. The molecule has 0 unspecified atom stereocenters. The first kappa shape index (κ1) is 12.4. The second-order valence-electron chi connectivity index (χ2n) is 3.78. The Bertz CT molecular complexity index is 408. The second-order valence-corrected chi connectivity index (χ2v) is 3.78. The van der Waals surface area contributed by atoms with E-state index in [0.29, 0.717) is 17.5 Å². The zero-order chi connectivity index (χ0) is 12.1. The van der Waals surface area contributed by atoms with Gasteiger partial charge in [0.25, 0.3) is 0 Å². The van der Waals surface area contributed by atoms with Crippen molar-refractivity contribution in [3.8, 4) is 5.88 Å². The highest BCUT2D eigenvalue weighted by molar-refractivity contribution is 5.73. The van der Waals surface area contributed by atoms with Crippen molar-refractivity contribution < 1.29 is 4.74 Å². The molecular weight excluding hydrogens is 200 g/mol. The lowest BCUT2D eigenvalue weighted by Gasteiger charge is -2.10. The topological polar surface area (TPSA) is 34.5 Å². The first-order valence-corrected chi connectivity index (χ1v) is 5.33. The van der Waals surface area contributed by atoms with E-state index < -0.39 is 0 Å². The Morgan fingerprint density at radius 3 is 2.69 bits per heavy atom. The third kappa shape index (κ3) is 2.69. The Labute approximate surface area is 96.9 Å². The fourth-order valence-corrected chi connectivity index (χ4v) is 1.38. The fraction of sp³-hybridized carbons (Fsp3) is 0.385. The summed E-state index contributed by atoms with van der Waals surface area (Å²) in [5, 5.41) is 0. The predicted molar refractivity (Wildman–Crippen MR) is 68.1 cm³/mol. The molecule has 3 nitrogen and oxygen atoms in total. The quantitative estimate of drug-likeness (QED) is 0.727. The summed E-state index contributed by atoms with van der Waals surface area (Å²) in [5.41, 5.74) is 2.51. The van der Waals surface area contributed by atoms with Gasteiger partial charge in [0, 0.05) is 11.9 Å². The van der Waals surface area contributed by atoms with Crippen LogP contribution in [0, 0.1) is 0 Å². The molecule has 1 heterocycles. The van der Waals surface area contributed by atoms with E-state index in [4.69, 9.17) is 4.74 Å². The summed E-state index contributed by atoms with van der Waals surface area (Å²) in [4.78, 5) is 8.58. The van der Waals surface area contributed by atoms with Crippen molar-refractivity contribution in [2.45, 2.75) is 26.7 Å². The number of rotatable bonds is 4. The molecule has 0 atom stereocenters. The molecule has 1 aromatic heterocycles. The van der Waals surface area contributed by atoms with Gasteiger partial charge in [0.2, 0.25) is 5.88 Å². The van der Waals surface area contributed by atoms with Crippen LogP contribution in [-0.2, 0) is 0 Å². The minimum absolute atomic E-state index is 0.380. The molecule has 0 spiro atoms. The van der Waals surface area contributed by atoms with Crippen molar-refractivity contribution in [2.24, 2.45) is 4.99 Å². The Kier molecular flexibility index (Phi) is 4.23. The van der Waals surface area contributed by atoms with Gasteiger partial charge in [0.05, 0.1) is 18.4 Å². The van der Waals surface area contributed by atoms with E-state index in [1.54, 1.807) is 13.3 Å². The third-order valence-corrected chi connectivity index (χ3v) is 2.26. The summed E-state index contributed by atoms with van der Waals surface area (Å²) < 4.78 is 5.26. The van der Waals surface area contributed by atoms with E-state index in [9.17, 15) is 0 Å². The lowest BCUT2D eigenvalue weighted by Crippen LogP contribution is -1.99. The van der Waals surface area contributed by atoms with Crippen molar-refractivity contribution in [3.05, 3.63) is 30.0 Å². The fourth-order valence-electron chi connectivity index (χ4n) is 1.38. The van der Waals surface area contributed by atoms with Crippen molar-refractivity contribution in [1.29, 1.82) is 0 Å². The van der Waals surface area contributed by atoms with Gasteiger partial charge in [0.1, 0.15) is 0 Å². The zero-order valence-electron chi connectivity index (χ0n) is 10.3. The number of nitrogens with zero attached hydrogens (tertiary/aromatic N) is 2. The molecule has 0 saturated heterocycles. The van der Waals surface area contributed by atoms with Crippen molar-refractivity contribution in [2.75, 3.05) is 7.11 Å². The van der Waals surface area contributed by atoms with Crippen LogP contribution in [0.3, 0.4) is 0 Å². The van der Waals surface area contributed by atoms with Crippen LogP contribution in [0.1, 0.15) is 37.9 Å². The summed E-state index contributed by atoms with van der Waals surface area (Å²) in [6.45, 7) is 9.93. The Hall–Kier alpha value is -1.64. The van der Waals surface area contributed by atoms with Crippen LogP contribution in [-0.4, -0.2) is 18.3 Å². The number of aliphatic imine (C=N–C) groups is 1. The normalized spacial score (nSPS) is 11.1. The largest absolute Gasteiger partial charge is 0.480 e. The molecule has 0 aliphatic rings. The summed E-state index contributed by atoms with van der Waals surface area (Å²) in [5.74, 6) is 0.965. The summed E-state index contributed by atoms with van der Waals surface area (Å²) in [6.07, 6.45) is 1.71. The highest BCUT2D eigenvalue weighted by atomic mass is 16.5. The minimum Gasteiger partial charge on any atom is -0.480 e. The summed E-state index contributed by atoms with van der Waals surface area (Å²) in [7, 11) is 1.61. The predicted octanol–water partition coefficient (Wildman–Crippen LogP) is 3.28. The van der Waals surface area contributed by atoms with E-state index in [2.05, 4.69) is 30.4 Å². The lowest BCUT2D eigenvalue weighted by molar-refractivity contribution is 0.394. The lowest BCUT2D eigenvalue weighted by atomic mass is 10.1. The third-order valence-electron chi connectivity index (χ3n) is 2.26. The number of methoxy groups -OCH3 is 1. The summed E-state index contributed by atoms with van der Waals surface area (Å²) in [6, 6.07) is 3.94. The van der Waals surface area contributed by atoms with E-state index in [-0.39, 0.29) is 0 Å². The molecule has 1 aromatic rings. The Morgan fingerprint density at radius 2 is 2.19 bits per heavy atom. The van der Waals surface area contributed by atoms with Gasteiger partial charge in [0.15, 0.2) is 0 Å².